The number of likely N-dealkylation sites (tertiary alicyclic amines) is 2. The van der Waals surface area contributed by atoms with Gasteiger partial charge in [-0.3, -0.25) is 19.2 Å². The third-order valence-corrected chi connectivity index (χ3v) is 11.9. The van der Waals surface area contributed by atoms with E-state index in [4.69, 9.17) is 0 Å². The van der Waals surface area contributed by atoms with Crippen LogP contribution in [0.3, 0.4) is 0 Å². The van der Waals surface area contributed by atoms with Crippen molar-refractivity contribution in [3.63, 3.8) is 0 Å². The van der Waals surface area contributed by atoms with E-state index in [0.29, 0.717) is 12.0 Å². The zero-order valence-corrected chi connectivity index (χ0v) is 26.2. The molecule has 1 aromatic rings. The molecule has 0 radical (unpaired) electrons. The van der Waals surface area contributed by atoms with Gasteiger partial charge in [0.05, 0.1) is 17.2 Å². The van der Waals surface area contributed by atoms with Gasteiger partial charge in [-0.05, 0) is 66.4 Å². The van der Waals surface area contributed by atoms with E-state index in [-0.39, 0.29) is 43.5 Å². The number of nitriles is 1. The van der Waals surface area contributed by atoms with Gasteiger partial charge in [0.2, 0.25) is 23.6 Å². The fourth-order valence-corrected chi connectivity index (χ4v) is 9.29. The predicted octanol–water partition coefficient (Wildman–Crippen LogP) is 3.83. The minimum absolute atomic E-state index is 0.0225. The molecule has 3 aliphatic carbocycles. The standard InChI is InChI=1S/C33H36F5N5O4/c1-30(2,3)25(41-29(47)32(7-8-32)33(36,37)38)27(45)42-13-18-15-9-17(21(35)10-15)22(18)24(42)26(44)43-14-31(11-16(43)12-39)19-5-4-6-20(34)23(19)40-28(31)46/h4-6,15-18,21-22,24-25H,7-11,13-14H2,1-3H3,(H,40,46)(H,41,47). The minimum atomic E-state index is -4.80. The molecule has 3 saturated carbocycles. The molecule has 5 fully saturated rings. The lowest BCUT2D eigenvalue weighted by molar-refractivity contribution is -0.193. The second-order valence-corrected chi connectivity index (χ2v) is 15.5. The molecule has 47 heavy (non-hydrogen) atoms. The average Bonchev–Trinajstić information content (AvgIpc) is 3.25. The molecular weight excluding hydrogens is 625 g/mol. The van der Waals surface area contributed by atoms with E-state index in [1.165, 1.54) is 21.9 Å². The largest absolute Gasteiger partial charge is 0.403 e. The Bertz CT molecular complexity index is 1620. The van der Waals surface area contributed by atoms with Gasteiger partial charge in [-0.2, -0.15) is 18.4 Å². The Morgan fingerprint density at radius 3 is 2.43 bits per heavy atom. The second kappa shape index (κ2) is 10.1. The van der Waals surface area contributed by atoms with Crippen molar-refractivity contribution < 1.29 is 41.1 Å². The summed E-state index contributed by atoms with van der Waals surface area (Å²) in [5, 5.41) is 15.1. The smallest absolute Gasteiger partial charge is 0.343 e. The summed E-state index contributed by atoms with van der Waals surface area (Å²) in [7, 11) is 0. The highest BCUT2D eigenvalue weighted by atomic mass is 19.4. The summed E-state index contributed by atoms with van der Waals surface area (Å²) in [6.07, 6.45) is -6.11. The van der Waals surface area contributed by atoms with Crippen LogP contribution in [0, 0.1) is 51.6 Å². The molecule has 4 amide bonds. The first-order valence-electron chi connectivity index (χ1n) is 16.1. The van der Waals surface area contributed by atoms with Crippen LogP contribution in [-0.4, -0.2) is 77.0 Å². The Morgan fingerprint density at radius 2 is 1.81 bits per heavy atom. The van der Waals surface area contributed by atoms with Crippen molar-refractivity contribution >= 4 is 29.3 Å². The number of alkyl halides is 4. The maximum atomic E-state index is 15.3. The zero-order chi connectivity index (χ0) is 34.0. The number of nitrogens with zero attached hydrogens (tertiary/aromatic N) is 3. The molecule has 252 valence electrons. The highest BCUT2D eigenvalue weighted by molar-refractivity contribution is 6.07. The number of carbonyl (C=O) groups is 4. The highest BCUT2D eigenvalue weighted by Crippen LogP contribution is 2.60. The quantitative estimate of drug-likeness (QED) is 0.475. The van der Waals surface area contributed by atoms with Crippen LogP contribution in [0.2, 0.25) is 0 Å². The number of rotatable bonds is 4. The fourth-order valence-electron chi connectivity index (χ4n) is 9.29. The topological polar surface area (TPSA) is 123 Å². The predicted molar refractivity (Wildman–Crippen MR) is 155 cm³/mol. The Hall–Kier alpha value is -3.76. The van der Waals surface area contributed by atoms with Crippen molar-refractivity contribution in [2.45, 2.75) is 88.8 Å². The highest BCUT2D eigenvalue weighted by Gasteiger charge is 2.70. The van der Waals surface area contributed by atoms with Gasteiger partial charge < -0.3 is 20.4 Å². The summed E-state index contributed by atoms with van der Waals surface area (Å²) >= 11 is 0. The van der Waals surface area contributed by atoms with Crippen LogP contribution >= 0.6 is 0 Å². The lowest BCUT2D eigenvalue weighted by atomic mass is 9.77. The van der Waals surface area contributed by atoms with Crippen molar-refractivity contribution in [2.75, 3.05) is 18.4 Å². The van der Waals surface area contributed by atoms with Gasteiger partial charge in [0, 0.05) is 19.5 Å². The van der Waals surface area contributed by atoms with Crippen molar-refractivity contribution in [1.82, 2.24) is 15.1 Å². The molecule has 6 aliphatic rings. The molecule has 9 unspecified atom stereocenters. The van der Waals surface area contributed by atoms with E-state index in [9.17, 15) is 42.0 Å². The molecule has 0 aromatic heterocycles. The van der Waals surface area contributed by atoms with Gasteiger partial charge in [0.25, 0.3) is 0 Å². The fraction of sp³-hybridized carbons (Fsp3) is 0.667. The monoisotopic (exact) mass is 661 g/mol. The van der Waals surface area contributed by atoms with Crippen molar-refractivity contribution in [3.8, 4) is 6.07 Å². The first-order chi connectivity index (χ1) is 21.9. The lowest BCUT2D eigenvalue weighted by Gasteiger charge is -2.39. The lowest BCUT2D eigenvalue weighted by Crippen LogP contribution is -2.61. The van der Waals surface area contributed by atoms with E-state index < -0.39 is 101 Å². The number of carbonyl (C=O) groups excluding carboxylic acids is 4. The molecule has 7 rings (SSSR count). The Morgan fingerprint density at radius 1 is 1.11 bits per heavy atom. The van der Waals surface area contributed by atoms with Crippen LogP contribution in [-0.2, 0) is 24.6 Å². The van der Waals surface area contributed by atoms with Crippen molar-refractivity contribution in [3.05, 3.63) is 29.6 Å². The Kier molecular flexibility index (Phi) is 6.85. The number of halogens is 5. The third kappa shape index (κ3) is 4.43. The molecule has 2 saturated heterocycles. The Balaban J connectivity index is 1.24. The van der Waals surface area contributed by atoms with Crippen LogP contribution in [0.15, 0.2) is 18.2 Å². The number of fused-ring (bicyclic) bond motifs is 7. The molecule has 3 heterocycles. The summed E-state index contributed by atoms with van der Waals surface area (Å²) in [4.78, 5) is 58.1. The van der Waals surface area contributed by atoms with Gasteiger partial charge >= 0.3 is 6.18 Å². The third-order valence-electron chi connectivity index (χ3n) is 11.9. The minimum Gasteiger partial charge on any atom is -0.343 e. The van der Waals surface area contributed by atoms with Gasteiger partial charge in [-0.15, -0.1) is 0 Å². The zero-order valence-electron chi connectivity index (χ0n) is 26.2. The molecule has 1 aromatic carbocycles. The van der Waals surface area contributed by atoms with Gasteiger partial charge in [-0.1, -0.05) is 32.9 Å². The van der Waals surface area contributed by atoms with Crippen LogP contribution in [0.5, 0.6) is 0 Å². The molecule has 14 heteroatoms. The average molecular weight is 662 g/mol. The maximum absolute atomic E-state index is 15.3. The van der Waals surface area contributed by atoms with Crippen LogP contribution in [0.4, 0.5) is 27.6 Å². The van der Waals surface area contributed by atoms with Gasteiger partial charge in [-0.25, -0.2) is 8.78 Å². The van der Waals surface area contributed by atoms with Crippen LogP contribution < -0.4 is 10.6 Å². The number of para-hydroxylation sites is 1. The van der Waals surface area contributed by atoms with E-state index in [1.54, 1.807) is 26.8 Å². The number of amides is 4. The number of hydrogen-bond acceptors (Lipinski definition) is 5. The van der Waals surface area contributed by atoms with Gasteiger partial charge in [0.15, 0.2) is 0 Å². The van der Waals surface area contributed by atoms with E-state index in [2.05, 4.69) is 16.7 Å². The number of anilines is 1. The molecular formula is C33H36F5N5O4. The van der Waals surface area contributed by atoms with Gasteiger partial charge in [0.1, 0.15) is 35.5 Å². The molecule has 1 spiro atoms. The number of nitrogens with one attached hydrogen (secondary N) is 2. The molecule has 2 N–H and O–H groups in total. The number of hydrogen-bond donors (Lipinski definition) is 2. The van der Waals surface area contributed by atoms with Crippen molar-refractivity contribution in [1.29, 1.82) is 5.26 Å². The second-order valence-electron chi connectivity index (χ2n) is 15.5. The first kappa shape index (κ1) is 31.8. The molecule has 9 atom stereocenters. The SMILES string of the molecule is CC(C)(C)C(NC(=O)C1(C(F)(F)F)CC1)C(=O)N1CC2C3CC(F)C(C3)C2C1C(=O)N1CC2(CC1C#N)C(=O)Nc1c(F)cccc12. The van der Waals surface area contributed by atoms with Crippen molar-refractivity contribution in [2.24, 2.45) is 34.5 Å². The number of benzene rings is 1. The molecule has 3 aliphatic heterocycles. The summed E-state index contributed by atoms with van der Waals surface area (Å²) in [6, 6.07) is 2.45. The summed E-state index contributed by atoms with van der Waals surface area (Å²) in [5.74, 6) is -5.46. The van der Waals surface area contributed by atoms with Crippen LogP contribution in [0.25, 0.3) is 0 Å². The van der Waals surface area contributed by atoms with E-state index in [0.717, 1.165) is 0 Å². The summed E-state index contributed by atoms with van der Waals surface area (Å²) in [5.41, 5.74) is -4.77. The molecule has 9 nitrogen and oxygen atoms in total. The normalized spacial score (nSPS) is 35.4. The summed E-state index contributed by atoms with van der Waals surface area (Å²) < 4.78 is 71.5. The van der Waals surface area contributed by atoms with E-state index in [1.807, 2.05) is 0 Å². The Labute approximate surface area is 268 Å². The van der Waals surface area contributed by atoms with Crippen LogP contribution in [0.1, 0.15) is 58.4 Å². The van der Waals surface area contributed by atoms with E-state index >= 15 is 4.39 Å². The first-order valence-corrected chi connectivity index (χ1v) is 16.1. The summed E-state index contributed by atoms with van der Waals surface area (Å²) in [6.45, 7) is 4.57. The maximum Gasteiger partial charge on any atom is 0.403 e. The molecule has 2 bridgehead atoms.